The number of rotatable bonds is 3. The molecule has 3 aliphatic carbocycles. The molecule has 6 atom stereocenters. The van der Waals surface area contributed by atoms with E-state index in [1.165, 1.54) is 10.5 Å². The molecule has 0 N–H and O–H groups in total. The van der Waals surface area contributed by atoms with Crippen LogP contribution >= 0.6 is 0 Å². The van der Waals surface area contributed by atoms with Gasteiger partial charge in [0.2, 0.25) is 11.8 Å². The third-order valence-electron chi connectivity index (χ3n) is 7.52. The first-order chi connectivity index (χ1) is 13.7. The Morgan fingerprint density at radius 2 is 1.50 bits per heavy atom. The fraction of sp³-hybridized carbons (Fsp3) is 0.333. The largest absolute Gasteiger partial charge is 0.497 e. The number of imide groups is 1. The second-order valence-corrected chi connectivity index (χ2v) is 8.48. The predicted octanol–water partition coefficient (Wildman–Crippen LogP) is 3.79. The molecule has 2 aromatic rings. The van der Waals surface area contributed by atoms with Crippen molar-refractivity contribution in [1.29, 1.82) is 0 Å². The van der Waals surface area contributed by atoms with E-state index in [-0.39, 0.29) is 40.9 Å². The minimum atomic E-state index is -0.210. The van der Waals surface area contributed by atoms with Gasteiger partial charge in [0.1, 0.15) is 5.75 Å². The number of allylic oxidation sites excluding steroid dienone is 2. The first-order valence-corrected chi connectivity index (χ1v) is 9.92. The Kier molecular flexibility index (Phi) is 3.07. The van der Waals surface area contributed by atoms with Gasteiger partial charge in [-0.1, -0.05) is 42.5 Å². The fourth-order valence-corrected chi connectivity index (χ4v) is 6.33. The lowest BCUT2D eigenvalue weighted by molar-refractivity contribution is -0.123. The molecule has 1 unspecified atom stereocenters. The molecule has 28 heavy (non-hydrogen) atoms. The number of amides is 2. The highest BCUT2D eigenvalue weighted by Crippen LogP contribution is 2.79. The van der Waals surface area contributed by atoms with Gasteiger partial charge in [-0.15, -0.1) is 0 Å². The molecule has 1 spiro atoms. The predicted molar refractivity (Wildman–Crippen MR) is 105 cm³/mol. The molecule has 2 amide bonds. The molecule has 140 valence electrons. The van der Waals surface area contributed by atoms with E-state index in [0.29, 0.717) is 17.4 Å². The molecule has 2 bridgehead atoms. The first kappa shape index (κ1) is 16.1. The zero-order valence-corrected chi connectivity index (χ0v) is 15.6. The number of hydrogen-bond acceptors (Lipinski definition) is 3. The summed E-state index contributed by atoms with van der Waals surface area (Å²) in [5, 5.41) is 0. The van der Waals surface area contributed by atoms with E-state index in [4.69, 9.17) is 4.74 Å². The van der Waals surface area contributed by atoms with E-state index in [9.17, 15) is 9.59 Å². The zero-order valence-electron chi connectivity index (χ0n) is 15.6. The van der Waals surface area contributed by atoms with Crippen LogP contribution in [-0.2, 0) is 9.59 Å². The summed E-state index contributed by atoms with van der Waals surface area (Å²) in [6, 6.07) is 17.7. The van der Waals surface area contributed by atoms with E-state index < -0.39 is 0 Å². The molecule has 2 saturated carbocycles. The molecule has 6 rings (SSSR count). The van der Waals surface area contributed by atoms with Gasteiger partial charge in [-0.25, -0.2) is 0 Å². The van der Waals surface area contributed by atoms with Gasteiger partial charge >= 0.3 is 0 Å². The lowest BCUT2D eigenvalue weighted by Crippen LogP contribution is -2.35. The van der Waals surface area contributed by atoms with E-state index in [2.05, 4.69) is 36.4 Å². The number of carbonyl (C=O) groups excluding carboxylic acids is 2. The quantitative estimate of drug-likeness (QED) is 0.609. The van der Waals surface area contributed by atoms with Crippen molar-refractivity contribution in [2.24, 2.45) is 29.1 Å². The summed E-state index contributed by atoms with van der Waals surface area (Å²) in [5.41, 5.74) is 2.07. The van der Waals surface area contributed by atoms with E-state index >= 15 is 0 Å². The van der Waals surface area contributed by atoms with Crippen LogP contribution in [0.4, 0.5) is 5.69 Å². The van der Waals surface area contributed by atoms with Gasteiger partial charge in [-0.3, -0.25) is 14.5 Å². The summed E-state index contributed by atoms with van der Waals surface area (Å²) < 4.78 is 5.20. The minimum Gasteiger partial charge on any atom is -0.497 e. The lowest BCUT2D eigenvalue weighted by Gasteiger charge is -2.23. The molecular formula is C24H21NO3. The van der Waals surface area contributed by atoms with Gasteiger partial charge in [-0.2, -0.15) is 0 Å². The smallest absolute Gasteiger partial charge is 0.238 e. The van der Waals surface area contributed by atoms with Crippen LogP contribution in [0.5, 0.6) is 5.75 Å². The van der Waals surface area contributed by atoms with Crippen molar-refractivity contribution in [3.8, 4) is 5.75 Å². The molecule has 1 aliphatic heterocycles. The monoisotopic (exact) mass is 371 g/mol. The Labute approximate surface area is 163 Å². The van der Waals surface area contributed by atoms with Crippen molar-refractivity contribution in [2.75, 3.05) is 12.0 Å². The molecular weight excluding hydrogens is 350 g/mol. The molecule has 4 heteroatoms. The molecule has 1 saturated heterocycles. The van der Waals surface area contributed by atoms with Crippen LogP contribution in [0.2, 0.25) is 0 Å². The maximum absolute atomic E-state index is 13.3. The van der Waals surface area contributed by atoms with Crippen molar-refractivity contribution in [1.82, 2.24) is 0 Å². The average molecular weight is 371 g/mol. The Hall–Kier alpha value is -2.88. The second-order valence-electron chi connectivity index (χ2n) is 8.48. The first-order valence-electron chi connectivity index (χ1n) is 9.92. The van der Waals surface area contributed by atoms with Gasteiger partial charge in [0, 0.05) is 0 Å². The van der Waals surface area contributed by atoms with Crippen molar-refractivity contribution < 1.29 is 14.3 Å². The standard InChI is InChI=1S/C24H21NO3/c1-28-16-9-7-15(8-10-16)25-22(26)20-17-11-12-18(21(20)23(25)27)24(17)13-19(24)14-5-3-2-4-6-14/h2-12,17-21H,13H2,1H3/t17-,18-,19-,20-,21+,24?/m1/s1. The minimum absolute atomic E-state index is 0.0323. The highest BCUT2D eigenvalue weighted by Gasteiger charge is 2.77. The molecule has 4 nitrogen and oxygen atoms in total. The lowest BCUT2D eigenvalue weighted by atomic mass is 9.85. The van der Waals surface area contributed by atoms with Gasteiger partial charge in [0.15, 0.2) is 0 Å². The number of anilines is 1. The maximum Gasteiger partial charge on any atom is 0.238 e. The maximum atomic E-state index is 13.3. The number of ether oxygens (including phenoxy) is 1. The van der Waals surface area contributed by atoms with Crippen LogP contribution in [-0.4, -0.2) is 18.9 Å². The number of methoxy groups -OCH3 is 1. The molecule has 4 aliphatic rings. The number of fused-ring (bicyclic) bond motifs is 3. The van der Waals surface area contributed by atoms with Crippen molar-refractivity contribution in [3.05, 3.63) is 72.3 Å². The second kappa shape index (κ2) is 5.34. The summed E-state index contributed by atoms with van der Waals surface area (Å²) in [6.45, 7) is 0. The summed E-state index contributed by atoms with van der Waals surface area (Å²) in [6.07, 6.45) is 5.52. The topological polar surface area (TPSA) is 46.6 Å². The fourth-order valence-electron chi connectivity index (χ4n) is 6.33. The van der Waals surface area contributed by atoms with Crippen molar-refractivity contribution >= 4 is 17.5 Å². The average Bonchev–Trinajstić information content (AvgIpc) is 3.21. The molecule has 3 fully saturated rings. The highest BCUT2D eigenvalue weighted by atomic mass is 16.5. The number of carbonyl (C=O) groups is 2. The van der Waals surface area contributed by atoms with Gasteiger partial charge < -0.3 is 4.74 Å². The molecule has 0 aromatic heterocycles. The third kappa shape index (κ3) is 1.81. The van der Waals surface area contributed by atoms with E-state index in [1.54, 1.807) is 31.4 Å². The van der Waals surface area contributed by atoms with E-state index in [0.717, 1.165) is 6.42 Å². The Morgan fingerprint density at radius 3 is 2.07 bits per heavy atom. The Morgan fingerprint density at radius 1 is 0.893 bits per heavy atom. The third-order valence-corrected chi connectivity index (χ3v) is 7.52. The normalized spacial score (nSPS) is 37.0. The number of benzene rings is 2. The summed E-state index contributed by atoms with van der Waals surface area (Å²) >= 11 is 0. The van der Waals surface area contributed by atoms with Gasteiger partial charge in [-0.05, 0) is 59.4 Å². The number of nitrogens with zero attached hydrogens (tertiary/aromatic N) is 1. The van der Waals surface area contributed by atoms with Crippen LogP contribution in [0.3, 0.4) is 0 Å². The summed E-state index contributed by atoms with van der Waals surface area (Å²) in [4.78, 5) is 28.1. The Bertz CT molecular complexity index is 978. The Balaban J connectivity index is 1.34. The SMILES string of the molecule is COc1ccc(N2C(=O)[C@@H]3[C@H](C2=O)[C@H]2C=C[C@H]3C23C[C@@H]3c2ccccc2)cc1. The summed E-state index contributed by atoms with van der Waals surface area (Å²) in [5.74, 6) is 1.04. The summed E-state index contributed by atoms with van der Waals surface area (Å²) in [7, 11) is 1.60. The molecule has 0 radical (unpaired) electrons. The van der Waals surface area contributed by atoms with Crippen LogP contribution in [0, 0.1) is 29.1 Å². The van der Waals surface area contributed by atoms with Crippen LogP contribution < -0.4 is 9.64 Å². The van der Waals surface area contributed by atoms with Crippen LogP contribution in [0.1, 0.15) is 17.9 Å². The van der Waals surface area contributed by atoms with Crippen LogP contribution in [0.15, 0.2) is 66.7 Å². The zero-order chi connectivity index (χ0) is 19.0. The van der Waals surface area contributed by atoms with Gasteiger partial charge in [0.05, 0.1) is 24.6 Å². The number of hydrogen-bond donors (Lipinski definition) is 0. The highest BCUT2D eigenvalue weighted by molar-refractivity contribution is 6.23. The van der Waals surface area contributed by atoms with Crippen LogP contribution in [0.25, 0.3) is 0 Å². The molecule has 1 heterocycles. The molecule has 2 aromatic carbocycles. The van der Waals surface area contributed by atoms with Gasteiger partial charge in [0.25, 0.3) is 0 Å². The van der Waals surface area contributed by atoms with E-state index in [1.807, 2.05) is 6.07 Å². The van der Waals surface area contributed by atoms with Crippen molar-refractivity contribution in [2.45, 2.75) is 12.3 Å². The van der Waals surface area contributed by atoms with Crippen molar-refractivity contribution in [3.63, 3.8) is 0 Å².